The minimum atomic E-state index is -1.53. The molecule has 0 radical (unpaired) electrons. The molecule has 0 spiro atoms. The number of carbonyl (C=O) groups excluding carboxylic acids is 1. The fourth-order valence-corrected chi connectivity index (χ4v) is 3.32. The predicted octanol–water partition coefficient (Wildman–Crippen LogP) is 1.77. The van der Waals surface area contributed by atoms with Gasteiger partial charge >= 0.3 is 0 Å². The number of benzene rings is 1. The van der Waals surface area contributed by atoms with Gasteiger partial charge in [-0.15, -0.1) is 5.10 Å². The number of hydrogen-bond donors (Lipinski definition) is 2. The fraction of sp³-hybridized carbons (Fsp3) is 0.278. The lowest BCUT2D eigenvalue weighted by molar-refractivity contribution is -0.120. The van der Waals surface area contributed by atoms with E-state index in [2.05, 4.69) is 25.4 Å². The molecule has 1 saturated heterocycles. The second kappa shape index (κ2) is 7.59. The number of amides is 1. The van der Waals surface area contributed by atoms with Gasteiger partial charge in [-0.3, -0.25) is 14.8 Å². The molecule has 1 aliphatic heterocycles. The maximum absolute atomic E-state index is 13.4. The molecule has 0 saturated carbocycles. The van der Waals surface area contributed by atoms with Crippen LogP contribution in [-0.2, 0) is 17.8 Å². The quantitative estimate of drug-likeness (QED) is 0.628. The van der Waals surface area contributed by atoms with Gasteiger partial charge in [0.2, 0.25) is 5.91 Å². The smallest absolute Gasteiger partial charge is 0.251 e. The standard InChI is InChI=1S/C18H15F3N6O2/c19-13-4-9(5-14(20)15(13)21)3-10-1-2-27(17(10)29)18-24-16(25-26-18)12-7-23-22-6-11(12)8-28/h4-7,10,28H,1-3,8H2,(H,24,25,26). The van der Waals surface area contributed by atoms with Gasteiger partial charge in [0, 0.05) is 23.6 Å². The van der Waals surface area contributed by atoms with Crippen LogP contribution in [0.1, 0.15) is 17.5 Å². The summed E-state index contributed by atoms with van der Waals surface area (Å²) >= 11 is 0. The van der Waals surface area contributed by atoms with Gasteiger partial charge in [0.25, 0.3) is 5.95 Å². The number of aromatic nitrogens is 5. The van der Waals surface area contributed by atoms with Gasteiger partial charge in [0.1, 0.15) is 0 Å². The molecule has 150 valence electrons. The van der Waals surface area contributed by atoms with E-state index in [1.54, 1.807) is 0 Å². The van der Waals surface area contributed by atoms with Crippen molar-refractivity contribution < 1.29 is 23.1 Å². The van der Waals surface area contributed by atoms with E-state index < -0.39 is 23.4 Å². The highest BCUT2D eigenvalue weighted by atomic mass is 19.2. The third-order valence-corrected chi connectivity index (χ3v) is 4.80. The van der Waals surface area contributed by atoms with Crippen LogP contribution >= 0.6 is 0 Å². The Labute approximate surface area is 162 Å². The van der Waals surface area contributed by atoms with Gasteiger partial charge in [-0.25, -0.2) is 13.2 Å². The molecule has 1 fully saturated rings. The highest BCUT2D eigenvalue weighted by Crippen LogP contribution is 2.28. The van der Waals surface area contributed by atoms with Crippen LogP contribution < -0.4 is 4.90 Å². The van der Waals surface area contributed by atoms with E-state index in [0.717, 1.165) is 12.1 Å². The second-order valence-electron chi connectivity index (χ2n) is 6.62. The minimum absolute atomic E-state index is 0.0731. The average Bonchev–Trinajstić information content (AvgIpc) is 3.33. The molecular formula is C18H15F3N6O2. The summed E-state index contributed by atoms with van der Waals surface area (Å²) in [6, 6.07) is 1.79. The number of anilines is 1. The molecule has 3 heterocycles. The number of nitrogens with zero attached hydrogens (tertiary/aromatic N) is 5. The zero-order valence-corrected chi connectivity index (χ0v) is 14.9. The molecule has 2 aromatic heterocycles. The van der Waals surface area contributed by atoms with Crippen molar-refractivity contribution in [3.05, 3.63) is 53.1 Å². The van der Waals surface area contributed by atoms with Crippen LogP contribution in [0.2, 0.25) is 0 Å². The van der Waals surface area contributed by atoms with Crippen molar-refractivity contribution in [2.24, 2.45) is 5.92 Å². The number of aliphatic hydroxyl groups excluding tert-OH is 1. The number of carbonyl (C=O) groups is 1. The van der Waals surface area contributed by atoms with Crippen molar-refractivity contribution in [2.75, 3.05) is 11.4 Å². The molecule has 8 nitrogen and oxygen atoms in total. The fourth-order valence-electron chi connectivity index (χ4n) is 3.32. The molecule has 1 amide bonds. The first kappa shape index (κ1) is 19.0. The molecule has 11 heteroatoms. The van der Waals surface area contributed by atoms with Crippen molar-refractivity contribution in [1.29, 1.82) is 0 Å². The maximum Gasteiger partial charge on any atom is 0.251 e. The molecule has 1 atom stereocenters. The summed E-state index contributed by atoms with van der Waals surface area (Å²) in [5.74, 6) is -4.47. The molecule has 1 unspecified atom stereocenters. The molecule has 0 aliphatic carbocycles. The first-order valence-electron chi connectivity index (χ1n) is 8.76. The van der Waals surface area contributed by atoms with E-state index in [9.17, 15) is 23.1 Å². The lowest BCUT2D eigenvalue weighted by atomic mass is 9.98. The molecule has 0 bridgehead atoms. The largest absolute Gasteiger partial charge is 0.392 e. The molecule has 2 N–H and O–H groups in total. The number of halogens is 3. The zero-order chi connectivity index (χ0) is 20.5. The van der Waals surface area contributed by atoms with Crippen LogP contribution in [0, 0.1) is 23.4 Å². The van der Waals surface area contributed by atoms with E-state index in [1.165, 1.54) is 17.3 Å². The summed E-state index contributed by atoms with van der Waals surface area (Å²) < 4.78 is 39.9. The Kier molecular flexibility index (Phi) is 4.97. The number of aliphatic hydroxyl groups is 1. The Hall–Kier alpha value is -3.34. The van der Waals surface area contributed by atoms with Crippen molar-refractivity contribution in [3.63, 3.8) is 0 Å². The van der Waals surface area contributed by atoms with Crippen LogP contribution in [0.15, 0.2) is 24.5 Å². The highest BCUT2D eigenvalue weighted by molar-refractivity contribution is 5.95. The number of nitrogens with one attached hydrogen (secondary N) is 1. The van der Waals surface area contributed by atoms with Gasteiger partial charge in [-0.2, -0.15) is 15.2 Å². The summed E-state index contributed by atoms with van der Waals surface area (Å²) in [5.41, 5.74) is 1.20. The Morgan fingerprint density at radius 1 is 1.17 bits per heavy atom. The molecule has 4 rings (SSSR count). The van der Waals surface area contributed by atoms with Crippen molar-refractivity contribution in [3.8, 4) is 11.4 Å². The van der Waals surface area contributed by atoms with Gasteiger partial charge in [-0.05, 0) is 30.5 Å². The lowest BCUT2D eigenvalue weighted by Gasteiger charge is -2.12. The predicted molar refractivity (Wildman–Crippen MR) is 93.8 cm³/mol. The Morgan fingerprint density at radius 3 is 2.62 bits per heavy atom. The number of H-pyrrole nitrogens is 1. The third-order valence-electron chi connectivity index (χ3n) is 4.80. The van der Waals surface area contributed by atoms with Gasteiger partial charge in [0.05, 0.1) is 19.0 Å². The van der Waals surface area contributed by atoms with Crippen molar-refractivity contribution >= 4 is 11.9 Å². The molecule has 3 aromatic rings. The van der Waals surface area contributed by atoms with E-state index in [-0.39, 0.29) is 30.4 Å². The van der Waals surface area contributed by atoms with Crippen LogP contribution in [0.4, 0.5) is 19.1 Å². The number of rotatable bonds is 5. The van der Waals surface area contributed by atoms with E-state index in [1.807, 2.05) is 0 Å². The first-order chi connectivity index (χ1) is 14.0. The third kappa shape index (κ3) is 3.56. The lowest BCUT2D eigenvalue weighted by Crippen LogP contribution is -2.28. The maximum atomic E-state index is 13.4. The van der Waals surface area contributed by atoms with Crippen molar-refractivity contribution in [1.82, 2.24) is 25.4 Å². The summed E-state index contributed by atoms with van der Waals surface area (Å²) in [7, 11) is 0. The van der Waals surface area contributed by atoms with E-state index in [0.29, 0.717) is 29.9 Å². The highest BCUT2D eigenvalue weighted by Gasteiger charge is 2.35. The summed E-state index contributed by atoms with van der Waals surface area (Å²) in [5, 5.41) is 23.6. The first-order valence-corrected chi connectivity index (χ1v) is 8.76. The van der Waals surface area contributed by atoms with Gasteiger partial charge < -0.3 is 5.11 Å². The molecule has 1 aliphatic rings. The SMILES string of the molecule is O=C1C(Cc2cc(F)c(F)c(F)c2)CCN1c1n[nH]c(-c2cnncc2CO)n1. The molecular weight excluding hydrogens is 389 g/mol. The van der Waals surface area contributed by atoms with Gasteiger partial charge in [0.15, 0.2) is 23.3 Å². The average molecular weight is 404 g/mol. The summed E-state index contributed by atoms with van der Waals surface area (Å²) in [4.78, 5) is 18.4. The van der Waals surface area contributed by atoms with Crippen molar-refractivity contribution in [2.45, 2.75) is 19.4 Å². The topological polar surface area (TPSA) is 108 Å². The normalized spacial score (nSPS) is 16.6. The Balaban J connectivity index is 1.52. The summed E-state index contributed by atoms with van der Waals surface area (Å²) in [6.45, 7) is 0.0603. The number of hydrogen-bond acceptors (Lipinski definition) is 6. The number of aromatic amines is 1. The van der Waals surface area contributed by atoms with Gasteiger partial charge in [-0.1, -0.05) is 0 Å². The van der Waals surface area contributed by atoms with E-state index >= 15 is 0 Å². The monoisotopic (exact) mass is 404 g/mol. The minimum Gasteiger partial charge on any atom is -0.392 e. The van der Waals surface area contributed by atoms with Crippen LogP contribution in [-0.4, -0.2) is 42.9 Å². The molecule has 1 aromatic carbocycles. The van der Waals surface area contributed by atoms with E-state index in [4.69, 9.17) is 0 Å². The summed E-state index contributed by atoms with van der Waals surface area (Å²) in [6.07, 6.45) is 3.32. The Morgan fingerprint density at radius 2 is 1.90 bits per heavy atom. The second-order valence-corrected chi connectivity index (χ2v) is 6.62. The van der Waals surface area contributed by atoms with Crippen LogP contribution in [0.5, 0.6) is 0 Å². The van der Waals surface area contributed by atoms with Crippen LogP contribution in [0.3, 0.4) is 0 Å². The molecule has 29 heavy (non-hydrogen) atoms. The zero-order valence-electron chi connectivity index (χ0n) is 14.9. The Bertz CT molecular complexity index is 1050. The van der Waals surface area contributed by atoms with Crippen LogP contribution in [0.25, 0.3) is 11.4 Å².